The van der Waals surface area contributed by atoms with Crippen molar-refractivity contribution < 1.29 is 14.3 Å². The predicted molar refractivity (Wildman–Crippen MR) is 95.6 cm³/mol. The number of carbonyl (C=O) groups is 2. The number of rotatable bonds is 2. The average Bonchev–Trinajstić information content (AvgIpc) is 3.04. The van der Waals surface area contributed by atoms with E-state index < -0.39 is 6.04 Å². The number of aryl methyl sites for hydroxylation is 2. The minimum Gasteiger partial charge on any atom is -0.467 e. The molecule has 1 aromatic carbocycles. The monoisotopic (exact) mass is 340 g/mol. The summed E-state index contributed by atoms with van der Waals surface area (Å²) in [6.07, 6.45) is 7.15. The number of H-pyrrole nitrogens is 1. The number of aromatic nitrogens is 1. The Hall–Kier alpha value is -2.30. The Kier molecular flexibility index (Phi) is 4.24. The Bertz CT molecular complexity index is 824. The van der Waals surface area contributed by atoms with Crippen molar-refractivity contribution in [2.45, 2.75) is 51.0 Å². The van der Waals surface area contributed by atoms with Gasteiger partial charge >= 0.3 is 5.97 Å². The van der Waals surface area contributed by atoms with Crippen molar-refractivity contribution in [3.05, 3.63) is 35.0 Å². The number of hydrogen-bond donors (Lipinski definition) is 1. The number of benzene rings is 1. The van der Waals surface area contributed by atoms with Crippen molar-refractivity contribution >= 4 is 22.8 Å². The van der Waals surface area contributed by atoms with Crippen LogP contribution >= 0.6 is 0 Å². The molecule has 1 saturated heterocycles. The second kappa shape index (κ2) is 6.54. The molecule has 1 N–H and O–H groups in total. The molecule has 25 heavy (non-hydrogen) atoms. The van der Waals surface area contributed by atoms with Gasteiger partial charge in [0.1, 0.15) is 6.04 Å². The number of likely N-dealkylation sites (tertiary alicyclic amines) is 1. The summed E-state index contributed by atoms with van der Waals surface area (Å²) in [6, 6.07) is 5.41. The van der Waals surface area contributed by atoms with E-state index in [1.807, 2.05) is 18.2 Å². The van der Waals surface area contributed by atoms with Gasteiger partial charge in [0.05, 0.1) is 7.11 Å². The molecule has 4 rings (SSSR count). The zero-order valence-electron chi connectivity index (χ0n) is 14.6. The Labute approximate surface area is 147 Å². The van der Waals surface area contributed by atoms with Gasteiger partial charge in [0.25, 0.3) is 5.91 Å². The van der Waals surface area contributed by atoms with Crippen LogP contribution in [-0.4, -0.2) is 41.5 Å². The average molecular weight is 340 g/mol. The third-order valence-electron chi connectivity index (χ3n) is 5.58. The van der Waals surface area contributed by atoms with Crippen LogP contribution in [0.2, 0.25) is 0 Å². The van der Waals surface area contributed by atoms with Gasteiger partial charge in [0.15, 0.2) is 0 Å². The van der Waals surface area contributed by atoms with E-state index in [1.165, 1.54) is 31.2 Å². The van der Waals surface area contributed by atoms with Crippen molar-refractivity contribution in [3.63, 3.8) is 0 Å². The smallest absolute Gasteiger partial charge is 0.328 e. The topological polar surface area (TPSA) is 62.4 Å². The molecule has 2 aliphatic rings. The van der Waals surface area contributed by atoms with Gasteiger partial charge < -0.3 is 14.6 Å². The van der Waals surface area contributed by atoms with E-state index in [0.717, 1.165) is 36.6 Å². The van der Waals surface area contributed by atoms with Crippen LogP contribution in [0.4, 0.5) is 0 Å². The Morgan fingerprint density at radius 1 is 1.16 bits per heavy atom. The summed E-state index contributed by atoms with van der Waals surface area (Å²) in [5.41, 5.74) is 4.44. The molecule has 1 aromatic heterocycles. The van der Waals surface area contributed by atoms with Gasteiger partial charge in [-0.1, -0.05) is 0 Å². The van der Waals surface area contributed by atoms with Gasteiger partial charge in [0, 0.05) is 28.7 Å². The van der Waals surface area contributed by atoms with Gasteiger partial charge in [-0.25, -0.2) is 4.79 Å². The number of piperidine rings is 1. The number of nitrogens with zero attached hydrogens (tertiary/aromatic N) is 1. The van der Waals surface area contributed by atoms with Gasteiger partial charge in [-0.3, -0.25) is 4.79 Å². The fourth-order valence-electron chi connectivity index (χ4n) is 4.26. The number of hydrogen-bond acceptors (Lipinski definition) is 3. The Morgan fingerprint density at radius 2 is 2.00 bits per heavy atom. The summed E-state index contributed by atoms with van der Waals surface area (Å²) in [4.78, 5) is 30.3. The normalized spacial score (nSPS) is 20.4. The van der Waals surface area contributed by atoms with Gasteiger partial charge in [-0.2, -0.15) is 0 Å². The van der Waals surface area contributed by atoms with Crippen LogP contribution in [-0.2, 0) is 22.4 Å². The standard InChI is InChI=1S/C20H24N2O3/c1-25-20(24)18-8-4-5-11-22(18)19(23)13-9-10-17-15(12-13)14-6-2-3-7-16(14)21-17/h9-10,12,18,21H,2-8,11H2,1H3. The summed E-state index contributed by atoms with van der Waals surface area (Å²) < 4.78 is 4.90. The molecule has 2 aromatic rings. The van der Waals surface area contributed by atoms with Crippen molar-refractivity contribution in [2.24, 2.45) is 0 Å². The first kappa shape index (κ1) is 16.2. The third-order valence-corrected chi connectivity index (χ3v) is 5.58. The first-order chi connectivity index (χ1) is 12.2. The van der Waals surface area contributed by atoms with Crippen molar-refractivity contribution in [2.75, 3.05) is 13.7 Å². The molecular formula is C20H24N2O3. The Balaban J connectivity index is 1.68. The zero-order valence-corrected chi connectivity index (χ0v) is 14.6. The van der Waals surface area contributed by atoms with Crippen molar-refractivity contribution in [3.8, 4) is 0 Å². The van der Waals surface area contributed by atoms with Crippen LogP contribution in [0.25, 0.3) is 10.9 Å². The molecule has 1 aliphatic carbocycles. The summed E-state index contributed by atoms with van der Waals surface area (Å²) in [5.74, 6) is -0.379. The molecular weight excluding hydrogens is 316 g/mol. The highest BCUT2D eigenvalue weighted by Gasteiger charge is 2.33. The first-order valence-corrected chi connectivity index (χ1v) is 9.21. The lowest BCUT2D eigenvalue weighted by Gasteiger charge is -2.33. The van der Waals surface area contributed by atoms with E-state index in [4.69, 9.17) is 4.74 Å². The molecule has 0 spiro atoms. The van der Waals surface area contributed by atoms with E-state index in [1.54, 1.807) is 4.90 Å². The van der Waals surface area contributed by atoms with Crippen LogP contribution in [0, 0.1) is 0 Å². The molecule has 1 unspecified atom stereocenters. The maximum absolute atomic E-state index is 13.1. The fourth-order valence-corrected chi connectivity index (χ4v) is 4.26. The number of esters is 1. The number of aromatic amines is 1. The number of ether oxygens (including phenoxy) is 1. The third kappa shape index (κ3) is 2.81. The lowest BCUT2D eigenvalue weighted by Crippen LogP contribution is -2.48. The zero-order chi connectivity index (χ0) is 17.4. The minimum atomic E-state index is -0.456. The number of nitrogens with one attached hydrogen (secondary N) is 1. The van der Waals surface area contributed by atoms with E-state index in [-0.39, 0.29) is 11.9 Å². The molecule has 1 amide bonds. The lowest BCUT2D eigenvalue weighted by molar-refractivity contribution is -0.147. The molecule has 0 radical (unpaired) electrons. The summed E-state index contributed by atoms with van der Waals surface area (Å²) in [7, 11) is 1.39. The van der Waals surface area contributed by atoms with E-state index >= 15 is 0 Å². The minimum absolute atomic E-state index is 0.0669. The van der Waals surface area contributed by atoms with Gasteiger partial charge in [-0.15, -0.1) is 0 Å². The molecule has 1 atom stereocenters. The SMILES string of the molecule is COC(=O)C1CCCCN1C(=O)c1ccc2[nH]c3c(c2c1)CCCC3. The maximum atomic E-state index is 13.1. The van der Waals surface area contributed by atoms with Crippen LogP contribution in [0.15, 0.2) is 18.2 Å². The van der Waals surface area contributed by atoms with Crippen LogP contribution in [0.3, 0.4) is 0 Å². The second-order valence-electron chi connectivity index (χ2n) is 7.08. The lowest BCUT2D eigenvalue weighted by atomic mass is 9.95. The molecule has 1 aliphatic heterocycles. The maximum Gasteiger partial charge on any atom is 0.328 e. The van der Waals surface area contributed by atoms with E-state index in [9.17, 15) is 9.59 Å². The molecule has 0 bridgehead atoms. The second-order valence-corrected chi connectivity index (χ2v) is 7.08. The number of methoxy groups -OCH3 is 1. The summed E-state index contributed by atoms with van der Waals surface area (Å²) >= 11 is 0. The molecule has 5 heteroatoms. The van der Waals surface area contributed by atoms with Crippen molar-refractivity contribution in [1.82, 2.24) is 9.88 Å². The van der Waals surface area contributed by atoms with Gasteiger partial charge in [0.2, 0.25) is 0 Å². The number of amides is 1. The molecule has 5 nitrogen and oxygen atoms in total. The van der Waals surface area contributed by atoms with Crippen LogP contribution < -0.4 is 0 Å². The van der Waals surface area contributed by atoms with Crippen molar-refractivity contribution in [1.29, 1.82) is 0 Å². The quantitative estimate of drug-likeness (QED) is 0.854. The van der Waals surface area contributed by atoms with Crippen LogP contribution in [0.5, 0.6) is 0 Å². The Morgan fingerprint density at radius 3 is 2.84 bits per heavy atom. The van der Waals surface area contributed by atoms with E-state index in [2.05, 4.69) is 4.98 Å². The first-order valence-electron chi connectivity index (χ1n) is 9.21. The highest BCUT2D eigenvalue weighted by Crippen LogP contribution is 2.30. The number of carbonyl (C=O) groups excluding carboxylic acids is 2. The highest BCUT2D eigenvalue weighted by atomic mass is 16.5. The molecule has 1 fully saturated rings. The predicted octanol–water partition coefficient (Wildman–Crippen LogP) is 3.21. The van der Waals surface area contributed by atoms with Crippen LogP contribution in [0.1, 0.15) is 53.7 Å². The molecule has 132 valence electrons. The summed E-state index contributed by atoms with van der Waals surface area (Å²) in [6.45, 7) is 0.613. The fraction of sp³-hybridized carbons (Fsp3) is 0.500. The molecule has 0 saturated carbocycles. The van der Waals surface area contributed by atoms with E-state index in [0.29, 0.717) is 18.5 Å². The highest BCUT2D eigenvalue weighted by molar-refractivity contribution is 6.00. The molecule has 2 heterocycles. The summed E-state index contributed by atoms with van der Waals surface area (Å²) in [5, 5.41) is 1.16. The number of fused-ring (bicyclic) bond motifs is 3. The van der Waals surface area contributed by atoms with Gasteiger partial charge in [-0.05, 0) is 68.7 Å². The largest absolute Gasteiger partial charge is 0.467 e.